The summed E-state index contributed by atoms with van der Waals surface area (Å²) < 4.78 is 0. The van der Waals surface area contributed by atoms with Crippen LogP contribution < -0.4 is 5.32 Å². The fourth-order valence-corrected chi connectivity index (χ4v) is 2.05. The molecule has 0 saturated carbocycles. The van der Waals surface area contributed by atoms with Gasteiger partial charge in [-0.2, -0.15) is 0 Å². The molecule has 1 aromatic carbocycles. The fraction of sp³-hybridized carbons (Fsp3) is 0.312. The van der Waals surface area contributed by atoms with Gasteiger partial charge in [-0.3, -0.25) is 4.98 Å². The van der Waals surface area contributed by atoms with Crippen molar-refractivity contribution in [1.29, 1.82) is 0 Å². The van der Waals surface area contributed by atoms with Crippen molar-refractivity contribution in [2.24, 2.45) is 0 Å². The maximum atomic E-state index is 4.20. The summed E-state index contributed by atoms with van der Waals surface area (Å²) in [5.41, 5.74) is 3.84. The van der Waals surface area contributed by atoms with Gasteiger partial charge in [0.2, 0.25) is 0 Å². The zero-order valence-electron chi connectivity index (χ0n) is 11.1. The molecule has 2 heteroatoms. The third-order valence-corrected chi connectivity index (χ3v) is 3.08. The highest BCUT2D eigenvalue weighted by Crippen LogP contribution is 2.13. The lowest BCUT2D eigenvalue weighted by Crippen LogP contribution is -2.19. The molecule has 0 aliphatic heterocycles. The third kappa shape index (κ3) is 3.67. The molecule has 1 N–H and O–H groups in total. The van der Waals surface area contributed by atoms with Crippen molar-refractivity contribution in [3.8, 4) is 0 Å². The van der Waals surface area contributed by atoms with Crippen LogP contribution in [0.1, 0.15) is 29.5 Å². The Morgan fingerprint density at radius 3 is 2.67 bits per heavy atom. The van der Waals surface area contributed by atoms with E-state index in [1.165, 1.54) is 16.7 Å². The second-order valence-electron chi connectivity index (χ2n) is 4.81. The Morgan fingerprint density at radius 2 is 1.94 bits per heavy atom. The minimum atomic E-state index is 0.531. The van der Waals surface area contributed by atoms with Crippen molar-refractivity contribution >= 4 is 0 Å². The first-order chi connectivity index (χ1) is 8.75. The van der Waals surface area contributed by atoms with Crippen molar-refractivity contribution < 1.29 is 0 Å². The smallest absolute Gasteiger partial charge is 0.0313 e. The molecule has 0 fully saturated rings. The Hall–Kier alpha value is -1.67. The zero-order valence-corrected chi connectivity index (χ0v) is 11.1. The van der Waals surface area contributed by atoms with Gasteiger partial charge in [0, 0.05) is 25.5 Å². The highest BCUT2D eigenvalue weighted by Gasteiger charge is 2.03. The predicted molar refractivity (Wildman–Crippen MR) is 75.5 cm³/mol. The molecule has 2 aromatic rings. The van der Waals surface area contributed by atoms with Crippen molar-refractivity contribution in [2.45, 2.75) is 26.3 Å². The molecule has 2 nitrogen and oxygen atoms in total. The van der Waals surface area contributed by atoms with Crippen LogP contribution in [0.3, 0.4) is 0 Å². The number of nitrogens with zero attached hydrogens (tertiary/aromatic N) is 1. The molecule has 1 unspecified atom stereocenters. The van der Waals surface area contributed by atoms with Gasteiger partial charge < -0.3 is 5.32 Å². The number of hydrogen-bond donors (Lipinski definition) is 1. The summed E-state index contributed by atoms with van der Waals surface area (Å²) in [5.74, 6) is 0.531. The predicted octanol–water partition coefficient (Wildman–Crippen LogP) is 3.28. The first kappa shape index (κ1) is 12.8. The summed E-state index contributed by atoms with van der Waals surface area (Å²) in [4.78, 5) is 4.20. The third-order valence-electron chi connectivity index (χ3n) is 3.08. The van der Waals surface area contributed by atoms with E-state index < -0.39 is 0 Å². The average molecular weight is 240 g/mol. The summed E-state index contributed by atoms with van der Waals surface area (Å²) in [6.07, 6.45) is 3.81. The number of pyridine rings is 1. The molecule has 0 amide bonds. The van der Waals surface area contributed by atoms with Crippen LogP contribution >= 0.6 is 0 Å². The van der Waals surface area contributed by atoms with E-state index in [2.05, 4.69) is 60.5 Å². The largest absolute Gasteiger partial charge is 0.312 e. The molecule has 0 bridgehead atoms. The first-order valence-corrected chi connectivity index (χ1v) is 6.42. The Morgan fingerprint density at radius 1 is 1.17 bits per heavy atom. The zero-order chi connectivity index (χ0) is 12.8. The molecular weight excluding hydrogens is 220 g/mol. The lowest BCUT2D eigenvalue weighted by molar-refractivity contribution is 0.614. The molecule has 1 atom stereocenters. The number of hydrogen-bond acceptors (Lipinski definition) is 2. The molecule has 0 aliphatic rings. The Balaban J connectivity index is 1.82. The maximum absolute atomic E-state index is 4.20. The molecule has 2 rings (SSSR count). The minimum Gasteiger partial charge on any atom is -0.312 e. The van der Waals surface area contributed by atoms with Crippen LogP contribution in [0.15, 0.2) is 48.8 Å². The van der Waals surface area contributed by atoms with Gasteiger partial charge in [0.25, 0.3) is 0 Å². The van der Waals surface area contributed by atoms with Crippen LogP contribution in [0.25, 0.3) is 0 Å². The Kier molecular flexibility index (Phi) is 4.48. The van der Waals surface area contributed by atoms with Gasteiger partial charge in [-0.25, -0.2) is 0 Å². The van der Waals surface area contributed by atoms with Crippen LogP contribution in [0.4, 0.5) is 0 Å². The Bertz CT molecular complexity index is 479. The highest BCUT2D eigenvalue weighted by molar-refractivity contribution is 5.19. The van der Waals surface area contributed by atoms with Crippen molar-refractivity contribution in [1.82, 2.24) is 10.3 Å². The topological polar surface area (TPSA) is 24.9 Å². The van der Waals surface area contributed by atoms with Gasteiger partial charge in [0.05, 0.1) is 0 Å². The van der Waals surface area contributed by atoms with Crippen molar-refractivity contribution in [2.75, 3.05) is 6.54 Å². The lowest BCUT2D eigenvalue weighted by atomic mass is 10.0. The fourth-order valence-electron chi connectivity index (χ4n) is 2.05. The van der Waals surface area contributed by atoms with E-state index >= 15 is 0 Å². The van der Waals surface area contributed by atoms with E-state index in [0.29, 0.717) is 5.92 Å². The summed E-state index contributed by atoms with van der Waals surface area (Å²) in [6, 6.07) is 12.8. The van der Waals surface area contributed by atoms with Gasteiger partial charge in [0.1, 0.15) is 0 Å². The summed E-state index contributed by atoms with van der Waals surface area (Å²) >= 11 is 0. The molecule has 18 heavy (non-hydrogen) atoms. The average Bonchev–Trinajstić information content (AvgIpc) is 2.40. The van der Waals surface area contributed by atoms with Crippen LogP contribution in [0.2, 0.25) is 0 Å². The quantitative estimate of drug-likeness (QED) is 0.867. The number of aryl methyl sites for hydroxylation is 1. The van der Waals surface area contributed by atoms with E-state index in [1.807, 2.05) is 12.4 Å². The van der Waals surface area contributed by atoms with Crippen molar-refractivity contribution in [3.05, 3.63) is 65.5 Å². The van der Waals surface area contributed by atoms with E-state index in [0.717, 1.165) is 13.1 Å². The number of rotatable bonds is 5. The minimum absolute atomic E-state index is 0.531. The SMILES string of the molecule is Cc1cncc(CNCC(C)c2ccccc2)c1. The molecule has 0 radical (unpaired) electrons. The normalized spacial score (nSPS) is 12.3. The van der Waals surface area contributed by atoms with Crippen molar-refractivity contribution in [3.63, 3.8) is 0 Å². The summed E-state index contributed by atoms with van der Waals surface area (Å²) in [6.45, 7) is 6.18. The van der Waals surface area contributed by atoms with E-state index in [1.54, 1.807) is 0 Å². The van der Waals surface area contributed by atoms with E-state index in [4.69, 9.17) is 0 Å². The number of benzene rings is 1. The van der Waals surface area contributed by atoms with Gasteiger partial charge in [-0.15, -0.1) is 0 Å². The summed E-state index contributed by atoms with van der Waals surface area (Å²) in [7, 11) is 0. The first-order valence-electron chi connectivity index (χ1n) is 6.42. The molecule has 0 aliphatic carbocycles. The van der Waals surface area contributed by atoms with Crippen LogP contribution in [0.5, 0.6) is 0 Å². The molecule has 94 valence electrons. The molecule has 0 spiro atoms. The molecular formula is C16H20N2. The molecule has 1 heterocycles. The maximum Gasteiger partial charge on any atom is 0.0313 e. The monoisotopic (exact) mass is 240 g/mol. The molecule has 1 aromatic heterocycles. The standard InChI is InChI=1S/C16H20N2/c1-13-8-15(11-17-9-13)12-18-10-14(2)16-6-4-3-5-7-16/h3-9,11,14,18H,10,12H2,1-2H3. The van der Waals surface area contributed by atoms with E-state index in [-0.39, 0.29) is 0 Å². The number of nitrogens with one attached hydrogen (secondary N) is 1. The lowest BCUT2D eigenvalue weighted by Gasteiger charge is -2.13. The molecule has 0 saturated heterocycles. The second-order valence-corrected chi connectivity index (χ2v) is 4.81. The Labute approximate surface area is 109 Å². The van der Waals surface area contributed by atoms with Gasteiger partial charge in [-0.1, -0.05) is 43.3 Å². The number of aromatic nitrogens is 1. The van der Waals surface area contributed by atoms with Crippen LogP contribution in [-0.2, 0) is 6.54 Å². The van der Waals surface area contributed by atoms with E-state index in [9.17, 15) is 0 Å². The highest BCUT2D eigenvalue weighted by atomic mass is 14.9. The van der Waals surface area contributed by atoms with Crippen LogP contribution in [-0.4, -0.2) is 11.5 Å². The van der Waals surface area contributed by atoms with Gasteiger partial charge >= 0.3 is 0 Å². The van der Waals surface area contributed by atoms with Gasteiger partial charge in [0.15, 0.2) is 0 Å². The second kappa shape index (κ2) is 6.31. The van der Waals surface area contributed by atoms with Crippen LogP contribution in [0, 0.1) is 6.92 Å². The van der Waals surface area contributed by atoms with Gasteiger partial charge in [-0.05, 0) is 29.5 Å². The summed E-state index contributed by atoms with van der Waals surface area (Å²) in [5, 5.41) is 3.49.